The summed E-state index contributed by atoms with van der Waals surface area (Å²) in [7, 11) is 4.17. The topological polar surface area (TPSA) is 32.5 Å². The van der Waals surface area contributed by atoms with Gasteiger partial charge >= 0.3 is 0 Å². The average Bonchev–Trinajstić information content (AvgIpc) is 2.47. The predicted octanol–water partition coefficient (Wildman–Crippen LogP) is 2.87. The van der Waals surface area contributed by atoms with Crippen molar-refractivity contribution in [3.05, 3.63) is 29.8 Å². The van der Waals surface area contributed by atoms with E-state index in [4.69, 9.17) is 5.73 Å². The third-order valence-electron chi connectivity index (χ3n) is 4.56. The lowest BCUT2D eigenvalue weighted by Crippen LogP contribution is -2.37. The third kappa shape index (κ3) is 3.74. The van der Waals surface area contributed by atoms with Crippen molar-refractivity contribution in [1.29, 1.82) is 0 Å². The van der Waals surface area contributed by atoms with Crippen molar-refractivity contribution in [2.24, 2.45) is 11.7 Å². The Morgan fingerprint density at radius 3 is 2.60 bits per heavy atom. The van der Waals surface area contributed by atoms with Gasteiger partial charge < -0.3 is 10.6 Å². The maximum Gasteiger partial charge on any atom is 0.0361 e. The summed E-state index contributed by atoms with van der Waals surface area (Å²) in [5.41, 5.74) is 8.40. The fourth-order valence-electron chi connectivity index (χ4n) is 3.18. The summed E-state index contributed by atoms with van der Waals surface area (Å²) >= 11 is 0. The molecule has 3 heteroatoms. The van der Waals surface area contributed by atoms with E-state index in [1.54, 1.807) is 0 Å². The Balaban J connectivity index is 2.00. The highest BCUT2D eigenvalue weighted by Crippen LogP contribution is 2.28. The van der Waals surface area contributed by atoms with Crippen molar-refractivity contribution in [3.8, 4) is 0 Å². The Hall–Kier alpha value is -1.06. The molecule has 1 fully saturated rings. The highest BCUT2D eigenvalue weighted by atomic mass is 15.2. The van der Waals surface area contributed by atoms with Gasteiger partial charge in [-0.2, -0.15) is 0 Å². The number of benzene rings is 1. The van der Waals surface area contributed by atoms with E-state index in [0.29, 0.717) is 6.04 Å². The summed E-state index contributed by atoms with van der Waals surface area (Å²) in [6, 6.07) is 9.48. The summed E-state index contributed by atoms with van der Waals surface area (Å²) in [5, 5.41) is 0. The maximum atomic E-state index is 5.71. The van der Waals surface area contributed by atoms with Crippen LogP contribution in [0.3, 0.4) is 0 Å². The van der Waals surface area contributed by atoms with Crippen LogP contribution in [-0.2, 0) is 0 Å². The van der Waals surface area contributed by atoms with Crippen LogP contribution >= 0.6 is 0 Å². The van der Waals surface area contributed by atoms with Crippen LogP contribution in [0.2, 0.25) is 0 Å². The van der Waals surface area contributed by atoms with Gasteiger partial charge in [0.25, 0.3) is 0 Å². The number of anilines is 1. The molecule has 0 radical (unpaired) electrons. The van der Waals surface area contributed by atoms with Crippen molar-refractivity contribution in [3.63, 3.8) is 0 Å². The van der Waals surface area contributed by atoms with Gasteiger partial charge in [0.15, 0.2) is 0 Å². The van der Waals surface area contributed by atoms with Crippen molar-refractivity contribution in [2.45, 2.75) is 32.2 Å². The van der Waals surface area contributed by atoms with Gasteiger partial charge in [0.05, 0.1) is 0 Å². The molecule has 2 unspecified atom stereocenters. The Morgan fingerprint density at radius 2 is 2.00 bits per heavy atom. The first-order valence-corrected chi connectivity index (χ1v) is 7.83. The molecule has 112 valence electrons. The number of likely N-dealkylation sites (tertiary alicyclic amines) is 1. The molecule has 1 aromatic rings. The molecule has 0 bridgehead atoms. The maximum absolute atomic E-state index is 5.71. The van der Waals surface area contributed by atoms with E-state index < -0.39 is 0 Å². The Kier molecular flexibility index (Phi) is 5.44. The SMILES string of the molecule is CC(c1ccc(N(C)C)cc1)N1CCCC(CCN)C1. The molecule has 1 saturated heterocycles. The number of nitrogens with two attached hydrogens (primary N) is 1. The van der Waals surface area contributed by atoms with Gasteiger partial charge in [0.1, 0.15) is 0 Å². The lowest BCUT2D eigenvalue weighted by Gasteiger charge is -2.37. The fourth-order valence-corrected chi connectivity index (χ4v) is 3.18. The quantitative estimate of drug-likeness (QED) is 0.897. The first-order valence-electron chi connectivity index (χ1n) is 7.83. The van der Waals surface area contributed by atoms with Crippen molar-refractivity contribution < 1.29 is 0 Å². The smallest absolute Gasteiger partial charge is 0.0361 e. The Bertz CT molecular complexity index is 397. The van der Waals surface area contributed by atoms with Crippen molar-refractivity contribution >= 4 is 5.69 Å². The first kappa shape index (κ1) is 15.3. The van der Waals surface area contributed by atoms with Crippen LogP contribution in [0.5, 0.6) is 0 Å². The molecule has 1 heterocycles. The van der Waals surface area contributed by atoms with Crippen LogP contribution < -0.4 is 10.6 Å². The number of hydrogen-bond donors (Lipinski definition) is 1. The van der Waals surface area contributed by atoms with E-state index in [-0.39, 0.29) is 0 Å². The number of nitrogens with zero attached hydrogens (tertiary/aromatic N) is 2. The molecule has 3 nitrogen and oxygen atoms in total. The molecule has 1 aliphatic rings. The van der Waals surface area contributed by atoms with E-state index >= 15 is 0 Å². The van der Waals surface area contributed by atoms with Gasteiger partial charge in [-0.15, -0.1) is 0 Å². The molecule has 0 amide bonds. The zero-order valence-electron chi connectivity index (χ0n) is 13.2. The van der Waals surface area contributed by atoms with Crippen molar-refractivity contribution in [1.82, 2.24) is 4.90 Å². The molecule has 2 rings (SSSR count). The standard InChI is InChI=1S/C17H29N3/c1-14(16-6-8-17(9-7-16)19(2)3)20-12-4-5-15(13-20)10-11-18/h6-9,14-15H,4-5,10-13,18H2,1-3H3. The van der Waals surface area contributed by atoms with Crippen LogP contribution in [0.4, 0.5) is 5.69 Å². The molecular weight excluding hydrogens is 246 g/mol. The zero-order chi connectivity index (χ0) is 14.5. The van der Waals surface area contributed by atoms with E-state index in [9.17, 15) is 0 Å². The molecule has 1 aliphatic heterocycles. The minimum Gasteiger partial charge on any atom is -0.378 e. The number of hydrogen-bond acceptors (Lipinski definition) is 3. The van der Waals surface area contributed by atoms with Crippen LogP contribution in [0.1, 0.15) is 37.8 Å². The van der Waals surface area contributed by atoms with Crippen LogP contribution in [0.25, 0.3) is 0 Å². The molecule has 1 aromatic carbocycles. The second kappa shape index (κ2) is 7.09. The highest BCUT2D eigenvalue weighted by Gasteiger charge is 2.23. The molecule has 0 spiro atoms. The summed E-state index contributed by atoms with van der Waals surface area (Å²) < 4.78 is 0. The Morgan fingerprint density at radius 1 is 1.30 bits per heavy atom. The van der Waals surface area contributed by atoms with Gasteiger partial charge in [0.2, 0.25) is 0 Å². The second-order valence-electron chi connectivity index (χ2n) is 6.24. The van der Waals surface area contributed by atoms with E-state index in [2.05, 4.69) is 55.1 Å². The lowest BCUT2D eigenvalue weighted by molar-refractivity contribution is 0.128. The fraction of sp³-hybridized carbons (Fsp3) is 0.647. The number of rotatable bonds is 5. The summed E-state index contributed by atoms with van der Waals surface area (Å²) in [5.74, 6) is 0.789. The summed E-state index contributed by atoms with van der Waals surface area (Å²) in [4.78, 5) is 4.76. The van der Waals surface area contributed by atoms with Gasteiger partial charge in [-0.25, -0.2) is 0 Å². The molecule has 20 heavy (non-hydrogen) atoms. The lowest BCUT2D eigenvalue weighted by atomic mass is 9.93. The minimum absolute atomic E-state index is 0.506. The second-order valence-corrected chi connectivity index (χ2v) is 6.24. The number of piperidine rings is 1. The molecule has 0 aliphatic carbocycles. The van der Waals surface area contributed by atoms with Gasteiger partial charge in [-0.05, 0) is 62.9 Å². The van der Waals surface area contributed by atoms with Crippen molar-refractivity contribution in [2.75, 3.05) is 38.6 Å². The highest BCUT2D eigenvalue weighted by molar-refractivity contribution is 5.46. The van der Waals surface area contributed by atoms with Gasteiger partial charge in [0, 0.05) is 32.4 Å². The Labute approximate surface area is 123 Å². The monoisotopic (exact) mass is 275 g/mol. The minimum atomic E-state index is 0.506. The van der Waals surface area contributed by atoms with Crippen LogP contribution in [0.15, 0.2) is 24.3 Å². The van der Waals surface area contributed by atoms with Crippen LogP contribution in [-0.4, -0.2) is 38.6 Å². The predicted molar refractivity (Wildman–Crippen MR) is 87.2 cm³/mol. The first-order chi connectivity index (χ1) is 9.61. The molecule has 0 aromatic heterocycles. The van der Waals surface area contributed by atoms with E-state index in [1.165, 1.54) is 43.6 Å². The average molecular weight is 275 g/mol. The molecule has 2 N–H and O–H groups in total. The zero-order valence-corrected chi connectivity index (χ0v) is 13.2. The van der Waals surface area contributed by atoms with Gasteiger partial charge in [-0.1, -0.05) is 12.1 Å². The summed E-state index contributed by atoms with van der Waals surface area (Å²) in [6.45, 7) is 5.57. The normalized spacial score (nSPS) is 21.7. The molecular formula is C17H29N3. The molecule has 0 saturated carbocycles. The molecule has 2 atom stereocenters. The van der Waals surface area contributed by atoms with E-state index in [0.717, 1.165) is 12.5 Å². The summed E-state index contributed by atoms with van der Waals surface area (Å²) in [6.07, 6.45) is 3.83. The van der Waals surface area contributed by atoms with Gasteiger partial charge in [-0.3, -0.25) is 4.90 Å². The third-order valence-corrected chi connectivity index (χ3v) is 4.56. The largest absolute Gasteiger partial charge is 0.378 e. The van der Waals surface area contributed by atoms with Crippen LogP contribution in [0, 0.1) is 5.92 Å². The van der Waals surface area contributed by atoms with E-state index in [1.807, 2.05) is 0 Å².